The SMILES string of the molecule is CC(C)=CCC[C@@]1(C)C=Cc2c(CCc3ccccc3)cc(O)cc2O1. The number of hydrogen-bond donors (Lipinski definition) is 1. The monoisotopic (exact) mass is 348 g/mol. The average Bonchev–Trinajstić information content (AvgIpc) is 2.59. The van der Waals surface area contributed by atoms with E-state index in [2.05, 4.69) is 63.3 Å². The van der Waals surface area contributed by atoms with Crippen molar-refractivity contribution in [1.29, 1.82) is 0 Å². The zero-order chi connectivity index (χ0) is 18.6. The van der Waals surface area contributed by atoms with Gasteiger partial charge in [0.05, 0.1) is 0 Å². The first kappa shape index (κ1) is 18.3. The number of aromatic hydroxyl groups is 1. The second-order valence-electron chi connectivity index (χ2n) is 7.57. The predicted octanol–water partition coefficient (Wildman–Crippen LogP) is 6.09. The van der Waals surface area contributed by atoms with E-state index >= 15 is 0 Å². The van der Waals surface area contributed by atoms with Crippen LogP contribution in [0.2, 0.25) is 0 Å². The molecule has 26 heavy (non-hydrogen) atoms. The van der Waals surface area contributed by atoms with Gasteiger partial charge < -0.3 is 9.84 Å². The maximum Gasteiger partial charge on any atom is 0.131 e. The molecular weight excluding hydrogens is 320 g/mol. The highest BCUT2D eigenvalue weighted by Gasteiger charge is 2.28. The fourth-order valence-corrected chi connectivity index (χ4v) is 3.40. The molecule has 3 rings (SSSR count). The van der Waals surface area contributed by atoms with Crippen LogP contribution < -0.4 is 4.74 Å². The molecule has 0 radical (unpaired) electrons. The van der Waals surface area contributed by atoms with Gasteiger partial charge in [0.25, 0.3) is 0 Å². The Morgan fingerprint density at radius 2 is 1.88 bits per heavy atom. The molecule has 136 valence electrons. The molecule has 0 amide bonds. The molecule has 0 aromatic heterocycles. The van der Waals surface area contributed by atoms with Gasteiger partial charge in [0.2, 0.25) is 0 Å². The molecule has 0 aliphatic carbocycles. The summed E-state index contributed by atoms with van der Waals surface area (Å²) in [5.41, 5.74) is 4.53. The molecule has 1 atom stereocenters. The Labute approximate surface area is 156 Å². The Morgan fingerprint density at radius 3 is 2.62 bits per heavy atom. The van der Waals surface area contributed by atoms with E-state index in [-0.39, 0.29) is 11.4 Å². The molecule has 0 bridgehead atoms. The summed E-state index contributed by atoms with van der Waals surface area (Å²) in [4.78, 5) is 0. The van der Waals surface area contributed by atoms with Crippen molar-refractivity contribution in [2.75, 3.05) is 0 Å². The Balaban J connectivity index is 1.78. The molecule has 0 fully saturated rings. The van der Waals surface area contributed by atoms with Crippen LogP contribution in [0.15, 0.2) is 60.2 Å². The van der Waals surface area contributed by atoms with E-state index < -0.39 is 0 Å². The van der Waals surface area contributed by atoms with Gasteiger partial charge in [0.1, 0.15) is 17.1 Å². The minimum atomic E-state index is -0.330. The summed E-state index contributed by atoms with van der Waals surface area (Å²) in [6.07, 6.45) is 10.3. The lowest BCUT2D eigenvalue weighted by molar-refractivity contribution is 0.128. The van der Waals surface area contributed by atoms with Crippen LogP contribution in [0.25, 0.3) is 6.08 Å². The Hall–Kier alpha value is -2.48. The first-order chi connectivity index (χ1) is 12.5. The molecular formula is C24H28O2. The van der Waals surface area contributed by atoms with Crippen LogP contribution in [0.1, 0.15) is 50.3 Å². The zero-order valence-electron chi connectivity index (χ0n) is 16.0. The van der Waals surface area contributed by atoms with Crippen molar-refractivity contribution in [2.24, 2.45) is 0 Å². The van der Waals surface area contributed by atoms with E-state index in [4.69, 9.17) is 4.74 Å². The van der Waals surface area contributed by atoms with Crippen molar-refractivity contribution >= 4 is 6.08 Å². The van der Waals surface area contributed by atoms with Crippen LogP contribution in [-0.4, -0.2) is 10.7 Å². The molecule has 2 aromatic rings. The molecule has 0 unspecified atom stereocenters. The predicted molar refractivity (Wildman–Crippen MR) is 109 cm³/mol. The minimum Gasteiger partial charge on any atom is -0.508 e. The van der Waals surface area contributed by atoms with Gasteiger partial charge in [-0.15, -0.1) is 0 Å². The number of ether oxygens (including phenoxy) is 1. The number of rotatable bonds is 6. The Bertz CT molecular complexity index is 814. The number of benzene rings is 2. The highest BCUT2D eigenvalue weighted by atomic mass is 16.5. The number of allylic oxidation sites excluding steroid dienone is 2. The van der Waals surface area contributed by atoms with E-state index in [1.54, 1.807) is 6.07 Å². The van der Waals surface area contributed by atoms with Gasteiger partial charge in [-0.2, -0.15) is 0 Å². The van der Waals surface area contributed by atoms with Crippen molar-refractivity contribution in [3.05, 3.63) is 76.9 Å². The lowest BCUT2D eigenvalue weighted by Crippen LogP contribution is -2.31. The topological polar surface area (TPSA) is 29.5 Å². The fourth-order valence-electron chi connectivity index (χ4n) is 3.40. The van der Waals surface area contributed by atoms with E-state index in [0.717, 1.165) is 42.6 Å². The standard InChI is InChI=1S/C24H28O2/c1-18(2)8-7-14-24(3)15-13-22-20(16-21(25)17-23(22)26-24)12-11-19-9-5-4-6-10-19/h4-6,8-10,13,15-17,25H,7,11-12,14H2,1-3H3/t24-/m0/s1. The smallest absolute Gasteiger partial charge is 0.131 e. The summed E-state index contributed by atoms with van der Waals surface area (Å²) in [6.45, 7) is 6.34. The van der Waals surface area contributed by atoms with E-state index in [0.29, 0.717) is 0 Å². The fraction of sp³-hybridized carbons (Fsp3) is 0.333. The van der Waals surface area contributed by atoms with Crippen molar-refractivity contribution in [3.8, 4) is 11.5 Å². The van der Waals surface area contributed by atoms with Crippen LogP contribution in [0, 0.1) is 0 Å². The van der Waals surface area contributed by atoms with Gasteiger partial charge in [-0.05, 0) is 69.7 Å². The summed E-state index contributed by atoms with van der Waals surface area (Å²) < 4.78 is 6.30. The van der Waals surface area contributed by atoms with Crippen molar-refractivity contribution in [2.45, 2.75) is 52.1 Å². The summed E-state index contributed by atoms with van der Waals surface area (Å²) in [7, 11) is 0. The quantitative estimate of drug-likeness (QED) is 0.640. The third kappa shape index (κ3) is 4.57. The lowest BCUT2D eigenvalue weighted by atomic mass is 9.91. The molecule has 2 nitrogen and oxygen atoms in total. The zero-order valence-corrected chi connectivity index (χ0v) is 16.0. The molecule has 1 aliphatic rings. The van der Waals surface area contributed by atoms with Gasteiger partial charge in [0, 0.05) is 11.6 Å². The van der Waals surface area contributed by atoms with Gasteiger partial charge in [-0.3, -0.25) is 0 Å². The molecule has 0 saturated heterocycles. The summed E-state index contributed by atoms with van der Waals surface area (Å²) in [5, 5.41) is 10.2. The first-order valence-corrected chi connectivity index (χ1v) is 9.37. The van der Waals surface area contributed by atoms with E-state index in [9.17, 15) is 5.11 Å². The van der Waals surface area contributed by atoms with Gasteiger partial charge in [-0.1, -0.05) is 48.1 Å². The largest absolute Gasteiger partial charge is 0.508 e. The van der Waals surface area contributed by atoms with Crippen LogP contribution in [0.5, 0.6) is 11.5 Å². The minimum absolute atomic E-state index is 0.272. The second-order valence-corrected chi connectivity index (χ2v) is 7.57. The van der Waals surface area contributed by atoms with E-state index in [1.807, 2.05) is 12.1 Å². The lowest BCUT2D eigenvalue weighted by Gasteiger charge is -2.32. The second kappa shape index (κ2) is 7.82. The number of phenolic OH excluding ortho intramolecular Hbond substituents is 1. The van der Waals surface area contributed by atoms with E-state index in [1.165, 1.54) is 11.1 Å². The Kier molecular flexibility index (Phi) is 5.51. The molecule has 1 N–H and O–H groups in total. The third-order valence-electron chi connectivity index (χ3n) is 4.88. The molecule has 1 heterocycles. The molecule has 1 aliphatic heterocycles. The third-order valence-corrected chi connectivity index (χ3v) is 4.88. The highest BCUT2D eigenvalue weighted by Crippen LogP contribution is 2.38. The summed E-state index contributed by atoms with van der Waals surface area (Å²) >= 11 is 0. The normalized spacial score (nSPS) is 18.1. The van der Waals surface area contributed by atoms with Crippen molar-refractivity contribution in [3.63, 3.8) is 0 Å². The van der Waals surface area contributed by atoms with Gasteiger partial charge >= 0.3 is 0 Å². The average molecular weight is 348 g/mol. The van der Waals surface area contributed by atoms with Crippen LogP contribution in [-0.2, 0) is 12.8 Å². The number of phenols is 1. The maximum atomic E-state index is 10.2. The van der Waals surface area contributed by atoms with Gasteiger partial charge in [0.15, 0.2) is 0 Å². The Morgan fingerprint density at radius 1 is 1.12 bits per heavy atom. The first-order valence-electron chi connectivity index (χ1n) is 9.37. The van der Waals surface area contributed by atoms with Crippen LogP contribution in [0.4, 0.5) is 0 Å². The summed E-state index contributed by atoms with van der Waals surface area (Å²) in [5.74, 6) is 1.06. The molecule has 2 aromatic carbocycles. The van der Waals surface area contributed by atoms with Crippen LogP contribution in [0.3, 0.4) is 0 Å². The number of aryl methyl sites for hydroxylation is 2. The summed E-state index contributed by atoms with van der Waals surface area (Å²) in [6, 6.07) is 14.0. The van der Waals surface area contributed by atoms with Crippen LogP contribution >= 0.6 is 0 Å². The molecule has 2 heteroatoms. The van der Waals surface area contributed by atoms with Crippen molar-refractivity contribution in [1.82, 2.24) is 0 Å². The maximum absolute atomic E-state index is 10.2. The highest BCUT2D eigenvalue weighted by molar-refractivity contribution is 5.66. The molecule has 0 saturated carbocycles. The number of fused-ring (bicyclic) bond motifs is 1. The van der Waals surface area contributed by atoms with Crippen molar-refractivity contribution < 1.29 is 9.84 Å². The number of hydrogen-bond acceptors (Lipinski definition) is 2. The van der Waals surface area contributed by atoms with Gasteiger partial charge in [-0.25, -0.2) is 0 Å². The molecule has 0 spiro atoms.